The molecule has 32 heavy (non-hydrogen) atoms. The molecule has 0 bridgehead atoms. The Kier molecular flexibility index (Phi) is 10.8. The molecular weight excluding hydrogens is 414 g/mol. The standard InChI is InChI=1S/C22H35N5O5/c1-14(24)18(28)27-22(2,3)21(32)26-17(13-15-9-5-4-6-10-15)19(29)25-16(20(30)31)11-7-8-12-23/h4-6,9-10,14,16-17H,7-8,11-13,23-24H2,1-3H3,(H,25,29)(H,26,32)(H,27,28)(H,30,31)/t14-,16-,17-/m0/s1. The fourth-order valence-electron chi connectivity index (χ4n) is 2.90. The first kappa shape index (κ1) is 27.1. The Hall–Kier alpha value is -2.98. The maximum absolute atomic E-state index is 13.0. The first-order valence-electron chi connectivity index (χ1n) is 10.6. The number of aliphatic carboxylic acids is 1. The van der Waals surface area contributed by atoms with Gasteiger partial charge in [0.1, 0.15) is 17.6 Å². The van der Waals surface area contributed by atoms with Crippen molar-refractivity contribution in [3.63, 3.8) is 0 Å². The third-order valence-corrected chi connectivity index (χ3v) is 4.88. The molecule has 3 atom stereocenters. The minimum Gasteiger partial charge on any atom is -0.480 e. The van der Waals surface area contributed by atoms with Gasteiger partial charge in [-0.2, -0.15) is 0 Å². The van der Waals surface area contributed by atoms with Crippen LogP contribution in [0, 0.1) is 0 Å². The van der Waals surface area contributed by atoms with E-state index in [0.717, 1.165) is 5.56 Å². The lowest BCUT2D eigenvalue weighted by Crippen LogP contribution is -2.61. The van der Waals surface area contributed by atoms with Gasteiger partial charge in [0.2, 0.25) is 17.7 Å². The lowest BCUT2D eigenvalue weighted by molar-refractivity contribution is -0.142. The van der Waals surface area contributed by atoms with Gasteiger partial charge in [0.05, 0.1) is 6.04 Å². The van der Waals surface area contributed by atoms with E-state index in [1.807, 2.05) is 6.07 Å². The summed E-state index contributed by atoms with van der Waals surface area (Å²) < 4.78 is 0. The summed E-state index contributed by atoms with van der Waals surface area (Å²) in [5, 5.41) is 17.2. The predicted molar refractivity (Wildman–Crippen MR) is 120 cm³/mol. The van der Waals surface area contributed by atoms with Gasteiger partial charge < -0.3 is 32.5 Å². The van der Waals surface area contributed by atoms with Crippen molar-refractivity contribution < 1.29 is 24.3 Å². The number of hydrogen-bond donors (Lipinski definition) is 6. The van der Waals surface area contributed by atoms with Crippen LogP contribution in [0.3, 0.4) is 0 Å². The minimum atomic E-state index is -1.34. The number of nitrogens with one attached hydrogen (secondary N) is 3. The molecule has 1 aromatic rings. The number of benzene rings is 1. The molecule has 0 aliphatic rings. The number of carbonyl (C=O) groups excluding carboxylic acids is 3. The number of nitrogens with two attached hydrogens (primary N) is 2. The summed E-state index contributed by atoms with van der Waals surface area (Å²) in [6.07, 6.45) is 1.54. The highest BCUT2D eigenvalue weighted by Gasteiger charge is 2.34. The summed E-state index contributed by atoms with van der Waals surface area (Å²) in [6, 6.07) is 6.05. The number of hydrogen-bond acceptors (Lipinski definition) is 6. The first-order chi connectivity index (χ1) is 15.0. The largest absolute Gasteiger partial charge is 0.480 e. The van der Waals surface area contributed by atoms with Crippen molar-refractivity contribution in [2.75, 3.05) is 6.54 Å². The van der Waals surface area contributed by atoms with Gasteiger partial charge in [0.25, 0.3) is 0 Å². The molecule has 0 saturated carbocycles. The minimum absolute atomic E-state index is 0.144. The molecule has 0 aliphatic heterocycles. The Labute approximate surface area is 188 Å². The number of carboxylic acid groups (broad SMARTS) is 1. The molecule has 0 aliphatic carbocycles. The summed E-state index contributed by atoms with van der Waals surface area (Å²) in [7, 11) is 0. The van der Waals surface area contributed by atoms with E-state index in [1.54, 1.807) is 24.3 Å². The van der Waals surface area contributed by atoms with E-state index in [1.165, 1.54) is 20.8 Å². The highest BCUT2D eigenvalue weighted by molar-refractivity contribution is 5.96. The fourth-order valence-corrected chi connectivity index (χ4v) is 2.90. The second kappa shape index (κ2) is 12.8. The summed E-state index contributed by atoms with van der Waals surface area (Å²) >= 11 is 0. The van der Waals surface area contributed by atoms with Crippen LogP contribution in [-0.4, -0.2) is 59.0 Å². The van der Waals surface area contributed by atoms with Crippen LogP contribution in [0.15, 0.2) is 30.3 Å². The third kappa shape index (κ3) is 9.03. The van der Waals surface area contributed by atoms with Gasteiger partial charge in [0, 0.05) is 6.42 Å². The first-order valence-corrected chi connectivity index (χ1v) is 10.6. The zero-order valence-electron chi connectivity index (χ0n) is 18.9. The maximum atomic E-state index is 13.0. The van der Waals surface area contributed by atoms with Crippen molar-refractivity contribution in [1.29, 1.82) is 0 Å². The molecule has 0 spiro atoms. The van der Waals surface area contributed by atoms with Crippen LogP contribution in [0.25, 0.3) is 0 Å². The second-order valence-corrected chi connectivity index (χ2v) is 8.30. The predicted octanol–water partition coefficient (Wildman–Crippen LogP) is -0.346. The monoisotopic (exact) mass is 449 g/mol. The smallest absolute Gasteiger partial charge is 0.326 e. The maximum Gasteiger partial charge on any atom is 0.326 e. The van der Waals surface area contributed by atoms with Gasteiger partial charge >= 0.3 is 5.97 Å². The lowest BCUT2D eigenvalue weighted by atomic mass is 10.00. The average molecular weight is 450 g/mol. The zero-order chi connectivity index (χ0) is 24.3. The van der Waals surface area contributed by atoms with Crippen LogP contribution in [0.2, 0.25) is 0 Å². The normalized spacial score (nSPS) is 14.0. The molecule has 1 rings (SSSR count). The van der Waals surface area contributed by atoms with E-state index >= 15 is 0 Å². The van der Waals surface area contributed by atoms with Crippen molar-refractivity contribution in [3.8, 4) is 0 Å². The molecule has 178 valence electrons. The molecular formula is C22H35N5O5. The number of rotatable bonds is 13. The SMILES string of the molecule is C[C@H](N)C(=O)NC(C)(C)C(=O)N[C@@H](Cc1ccccc1)C(=O)N[C@@H](CCCCN)C(=O)O. The Bertz CT molecular complexity index is 782. The topological polar surface area (TPSA) is 177 Å². The van der Waals surface area contributed by atoms with Gasteiger partial charge in [-0.1, -0.05) is 30.3 Å². The molecule has 0 heterocycles. The number of carbonyl (C=O) groups is 4. The van der Waals surface area contributed by atoms with Crippen LogP contribution >= 0.6 is 0 Å². The van der Waals surface area contributed by atoms with Crippen LogP contribution in [0.1, 0.15) is 45.6 Å². The quantitative estimate of drug-likeness (QED) is 0.223. The summed E-state index contributed by atoms with van der Waals surface area (Å²) in [5.74, 6) is -2.90. The third-order valence-electron chi connectivity index (χ3n) is 4.88. The Morgan fingerprint density at radius 1 is 1.00 bits per heavy atom. The van der Waals surface area contributed by atoms with E-state index in [2.05, 4.69) is 16.0 Å². The molecule has 10 nitrogen and oxygen atoms in total. The molecule has 1 aromatic carbocycles. The molecule has 0 radical (unpaired) electrons. The number of amides is 3. The highest BCUT2D eigenvalue weighted by Crippen LogP contribution is 2.09. The van der Waals surface area contributed by atoms with Crippen molar-refractivity contribution in [2.24, 2.45) is 11.5 Å². The lowest BCUT2D eigenvalue weighted by Gasteiger charge is -2.29. The van der Waals surface area contributed by atoms with E-state index in [-0.39, 0.29) is 12.8 Å². The molecule has 10 heteroatoms. The van der Waals surface area contributed by atoms with Crippen LogP contribution in [0.4, 0.5) is 0 Å². The van der Waals surface area contributed by atoms with Crippen molar-refractivity contribution in [3.05, 3.63) is 35.9 Å². The van der Waals surface area contributed by atoms with E-state index in [4.69, 9.17) is 11.5 Å². The zero-order valence-corrected chi connectivity index (χ0v) is 18.9. The van der Waals surface area contributed by atoms with Crippen LogP contribution < -0.4 is 27.4 Å². The Morgan fingerprint density at radius 2 is 1.62 bits per heavy atom. The van der Waals surface area contributed by atoms with Gasteiger partial charge in [-0.15, -0.1) is 0 Å². The molecule has 8 N–H and O–H groups in total. The highest BCUT2D eigenvalue weighted by atomic mass is 16.4. The van der Waals surface area contributed by atoms with Gasteiger partial charge in [-0.25, -0.2) is 4.79 Å². The van der Waals surface area contributed by atoms with E-state index < -0.39 is 47.4 Å². The van der Waals surface area contributed by atoms with Gasteiger partial charge in [-0.05, 0) is 52.1 Å². The Balaban J connectivity index is 3.01. The van der Waals surface area contributed by atoms with Gasteiger partial charge in [-0.3, -0.25) is 14.4 Å². The molecule has 0 saturated heterocycles. The molecule has 3 amide bonds. The van der Waals surface area contributed by atoms with Crippen LogP contribution in [-0.2, 0) is 25.6 Å². The van der Waals surface area contributed by atoms with E-state index in [0.29, 0.717) is 19.4 Å². The molecule has 0 unspecified atom stereocenters. The summed E-state index contributed by atoms with van der Waals surface area (Å²) in [6.45, 7) is 4.90. The Morgan fingerprint density at radius 3 is 2.16 bits per heavy atom. The fraction of sp³-hybridized carbons (Fsp3) is 0.545. The molecule has 0 aromatic heterocycles. The average Bonchev–Trinajstić information content (AvgIpc) is 2.72. The van der Waals surface area contributed by atoms with E-state index in [9.17, 15) is 24.3 Å². The second-order valence-electron chi connectivity index (χ2n) is 8.30. The van der Waals surface area contributed by atoms with Gasteiger partial charge in [0.15, 0.2) is 0 Å². The molecule has 0 fully saturated rings. The number of unbranched alkanes of at least 4 members (excludes halogenated alkanes) is 1. The number of carboxylic acids is 1. The van der Waals surface area contributed by atoms with Crippen LogP contribution in [0.5, 0.6) is 0 Å². The van der Waals surface area contributed by atoms with Crippen molar-refractivity contribution in [1.82, 2.24) is 16.0 Å². The summed E-state index contributed by atoms with van der Waals surface area (Å²) in [5.41, 5.74) is 10.4. The van der Waals surface area contributed by atoms with Crippen molar-refractivity contribution >= 4 is 23.7 Å². The van der Waals surface area contributed by atoms with Crippen molar-refractivity contribution in [2.45, 2.75) is 70.1 Å². The summed E-state index contributed by atoms with van der Waals surface area (Å²) in [4.78, 5) is 49.4.